The van der Waals surface area contributed by atoms with Crippen LogP contribution in [0.5, 0.6) is 0 Å². The van der Waals surface area contributed by atoms with Gasteiger partial charge in [-0.2, -0.15) is 0 Å². The van der Waals surface area contributed by atoms with Gasteiger partial charge in [0.2, 0.25) is 6.41 Å². The number of para-hydroxylation sites is 1. The highest BCUT2D eigenvalue weighted by atomic mass is 35.5. The third kappa shape index (κ3) is 4.00. The first kappa shape index (κ1) is 17.9. The van der Waals surface area contributed by atoms with Crippen LogP contribution in [0, 0.1) is 0 Å². The summed E-state index contributed by atoms with van der Waals surface area (Å²) in [4.78, 5) is 43.1. The minimum Gasteiger partial charge on any atom is -0.342 e. The van der Waals surface area contributed by atoms with Crippen molar-refractivity contribution < 1.29 is 14.4 Å². The Hall–Kier alpha value is -2.93. The highest BCUT2D eigenvalue weighted by Gasteiger charge is 2.22. The normalized spacial score (nSPS) is 14.0. The summed E-state index contributed by atoms with van der Waals surface area (Å²) in [6.07, 6.45) is 2.21. The number of rotatable bonds is 4. The summed E-state index contributed by atoms with van der Waals surface area (Å²) >= 11 is 6.04. The van der Waals surface area contributed by atoms with E-state index in [1.54, 1.807) is 40.1 Å². The van der Waals surface area contributed by atoms with Crippen molar-refractivity contribution >= 4 is 35.5 Å². The number of amides is 3. The highest BCUT2D eigenvalue weighted by Crippen LogP contribution is 2.21. The zero-order chi connectivity index (χ0) is 18.5. The molecule has 0 aliphatic carbocycles. The van der Waals surface area contributed by atoms with Crippen molar-refractivity contribution in [3.63, 3.8) is 0 Å². The predicted octanol–water partition coefficient (Wildman–Crippen LogP) is 1.90. The number of piperazine rings is 1. The van der Waals surface area contributed by atoms with Gasteiger partial charge in [0.25, 0.3) is 11.8 Å². The maximum Gasteiger partial charge on any atom is 0.274 e. The van der Waals surface area contributed by atoms with Gasteiger partial charge in [0.1, 0.15) is 5.69 Å². The number of nitrogens with one attached hydrogen (secondary N) is 1. The van der Waals surface area contributed by atoms with E-state index >= 15 is 0 Å². The van der Waals surface area contributed by atoms with Crippen molar-refractivity contribution in [3.05, 3.63) is 58.9 Å². The molecule has 2 aromatic rings. The van der Waals surface area contributed by atoms with Crippen LogP contribution in [0.1, 0.15) is 20.8 Å². The Kier molecular flexibility index (Phi) is 5.48. The lowest BCUT2D eigenvalue weighted by atomic mass is 10.1. The summed E-state index contributed by atoms with van der Waals surface area (Å²) in [5.74, 6) is -0.636. The number of aromatic nitrogens is 1. The summed E-state index contributed by atoms with van der Waals surface area (Å²) in [5.41, 5.74) is 0.980. The van der Waals surface area contributed by atoms with Crippen LogP contribution in [0.4, 0.5) is 5.69 Å². The summed E-state index contributed by atoms with van der Waals surface area (Å²) < 4.78 is 0. The number of carbonyl (C=O) groups is 3. The minimum atomic E-state index is -0.446. The van der Waals surface area contributed by atoms with Crippen molar-refractivity contribution in [1.29, 1.82) is 0 Å². The molecule has 1 aromatic heterocycles. The van der Waals surface area contributed by atoms with Crippen molar-refractivity contribution in [2.75, 3.05) is 31.5 Å². The molecule has 1 aliphatic heterocycles. The Bertz CT molecular complexity index is 835. The molecule has 0 unspecified atom stereocenters. The standard InChI is InChI=1S/C18H17ClN4O3/c19-14-3-1-2-4-15(14)21-17(25)16-11-13(5-6-20-16)18(26)23-9-7-22(12-24)8-10-23/h1-6,11-12H,7-10H2,(H,21,25). The first-order chi connectivity index (χ1) is 12.6. The van der Waals surface area contributed by atoms with Crippen LogP contribution in [0.3, 0.4) is 0 Å². The molecule has 26 heavy (non-hydrogen) atoms. The molecular weight excluding hydrogens is 356 g/mol. The van der Waals surface area contributed by atoms with Crippen LogP contribution in [0.15, 0.2) is 42.6 Å². The Balaban J connectivity index is 1.71. The van der Waals surface area contributed by atoms with Gasteiger partial charge in [0.15, 0.2) is 0 Å². The zero-order valence-corrected chi connectivity index (χ0v) is 14.6. The number of anilines is 1. The number of halogens is 1. The number of benzene rings is 1. The van der Waals surface area contributed by atoms with Crippen LogP contribution in [0.25, 0.3) is 0 Å². The molecule has 0 spiro atoms. The second-order valence-electron chi connectivity index (χ2n) is 5.80. The molecule has 7 nitrogen and oxygen atoms in total. The van der Waals surface area contributed by atoms with Gasteiger partial charge >= 0.3 is 0 Å². The third-order valence-electron chi connectivity index (χ3n) is 4.11. The van der Waals surface area contributed by atoms with Crippen LogP contribution in [-0.4, -0.2) is 59.2 Å². The number of carbonyl (C=O) groups excluding carboxylic acids is 3. The van der Waals surface area contributed by atoms with E-state index in [-0.39, 0.29) is 11.6 Å². The molecule has 0 saturated carbocycles. The maximum absolute atomic E-state index is 12.6. The average Bonchev–Trinajstić information content (AvgIpc) is 2.69. The monoisotopic (exact) mass is 372 g/mol. The maximum atomic E-state index is 12.6. The Labute approximate surface area is 155 Å². The second kappa shape index (κ2) is 7.97. The van der Waals surface area contributed by atoms with Crippen LogP contribution < -0.4 is 5.32 Å². The van der Waals surface area contributed by atoms with Crippen molar-refractivity contribution in [2.45, 2.75) is 0 Å². The molecule has 3 rings (SSSR count). The topological polar surface area (TPSA) is 82.6 Å². The quantitative estimate of drug-likeness (QED) is 0.831. The van der Waals surface area contributed by atoms with Gasteiger partial charge in [-0.05, 0) is 24.3 Å². The molecule has 1 fully saturated rings. The predicted molar refractivity (Wildman–Crippen MR) is 97.2 cm³/mol. The van der Waals surface area contributed by atoms with Crippen molar-refractivity contribution in [3.8, 4) is 0 Å². The van der Waals surface area contributed by atoms with Gasteiger partial charge in [0.05, 0.1) is 10.7 Å². The Morgan fingerprint density at radius 3 is 2.54 bits per heavy atom. The summed E-state index contributed by atoms with van der Waals surface area (Å²) in [5, 5.41) is 3.10. The van der Waals surface area contributed by atoms with E-state index in [1.165, 1.54) is 12.3 Å². The van der Waals surface area contributed by atoms with Crippen molar-refractivity contribution in [2.24, 2.45) is 0 Å². The number of nitrogens with zero attached hydrogens (tertiary/aromatic N) is 3. The fourth-order valence-corrected chi connectivity index (χ4v) is 2.83. The molecular formula is C18H17ClN4O3. The SMILES string of the molecule is O=CN1CCN(C(=O)c2ccnc(C(=O)Nc3ccccc3Cl)c2)CC1. The lowest BCUT2D eigenvalue weighted by Crippen LogP contribution is -2.48. The number of hydrogen-bond acceptors (Lipinski definition) is 4. The van der Waals surface area contributed by atoms with Gasteiger partial charge in [-0.15, -0.1) is 0 Å². The van der Waals surface area contributed by atoms with Crippen LogP contribution in [-0.2, 0) is 4.79 Å². The smallest absolute Gasteiger partial charge is 0.274 e. The van der Waals surface area contributed by atoms with Gasteiger partial charge in [-0.25, -0.2) is 0 Å². The summed E-state index contributed by atoms with van der Waals surface area (Å²) in [7, 11) is 0. The third-order valence-corrected chi connectivity index (χ3v) is 4.44. The first-order valence-electron chi connectivity index (χ1n) is 8.09. The lowest BCUT2D eigenvalue weighted by Gasteiger charge is -2.32. The molecule has 1 aromatic carbocycles. The molecule has 134 valence electrons. The van der Waals surface area contributed by atoms with E-state index in [1.807, 2.05) is 0 Å². The van der Waals surface area contributed by atoms with Crippen molar-refractivity contribution in [1.82, 2.24) is 14.8 Å². The van der Waals surface area contributed by atoms with E-state index in [0.29, 0.717) is 42.5 Å². The fourth-order valence-electron chi connectivity index (χ4n) is 2.65. The molecule has 2 heterocycles. The lowest BCUT2D eigenvalue weighted by molar-refractivity contribution is -0.119. The highest BCUT2D eigenvalue weighted by molar-refractivity contribution is 6.33. The minimum absolute atomic E-state index is 0.127. The largest absolute Gasteiger partial charge is 0.342 e. The molecule has 8 heteroatoms. The average molecular weight is 373 g/mol. The number of hydrogen-bond donors (Lipinski definition) is 1. The van der Waals surface area contributed by atoms with Gasteiger partial charge in [-0.3, -0.25) is 19.4 Å². The molecule has 3 amide bonds. The van der Waals surface area contributed by atoms with E-state index in [4.69, 9.17) is 11.6 Å². The van der Waals surface area contributed by atoms with Gasteiger partial charge < -0.3 is 15.1 Å². The fraction of sp³-hybridized carbons (Fsp3) is 0.222. The van der Waals surface area contributed by atoms with Crippen LogP contribution in [0.2, 0.25) is 5.02 Å². The molecule has 0 bridgehead atoms. The molecule has 0 radical (unpaired) electrons. The first-order valence-corrected chi connectivity index (χ1v) is 8.47. The van der Waals surface area contributed by atoms with Gasteiger partial charge in [0, 0.05) is 37.9 Å². The molecule has 1 saturated heterocycles. The summed E-state index contributed by atoms with van der Waals surface area (Å²) in [6, 6.07) is 9.90. The molecule has 0 atom stereocenters. The van der Waals surface area contributed by atoms with Gasteiger partial charge in [-0.1, -0.05) is 23.7 Å². The second-order valence-corrected chi connectivity index (χ2v) is 6.20. The molecule has 1 aliphatic rings. The van der Waals surface area contributed by atoms with Crippen LogP contribution >= 0.6 is 11.6 Å². The number of pyridine rings is 1. The zero-order valence-electron chi connectivity index (χ0n) is 13.9. The van der Waals surface area contributed by atoms with E-state index in [0.717, 1.165) is 6.41 Å². The molecule has 1 N–H and O–H groups in total. The Morgan fingerprint density at radius 2 is 1.85 bits per heavy atom. The summed E-state index contributed by atoms with van der Waals surface area (Å²) in [6.45, 7) is 1.92. The van der Waals surface area contributed by atoms with E-state index in [2.05, 4.69) is 10.3 Å². The Morgan fingerprint density at radius 1 is 1.12 bits per heavy atom. The van der Waals surface area contributed by atoms with E-state index in [9.17, 15) is 14.4 Å². The van der Waals surface area contributed by atoms with E-state index < -0.39 is 5.91 Å².